The fourth-order valence-electron chi connectivity index (χ4n) is 3.89. The normalized spacial score (nSPS) is 15.4. The van der Waals surface area contributed by atoms with Crippen LogP contribution in [0.5, 0.6) is 0 Å². The van der Waals surface area contributed by atoms with Crippen molar-refractivity contribution >= 4 is 27.1 Å². The van der Waals surface area contributed by atoms with Gasteiger partial charge in [-0.05, 0) is 54.0 Å². The van der Waals surface area contributed by atoms with Crippen molar-refractivity contribution < 1.29 is 8.42 Å². The molecule has 31 heavy (non-hydrogen) atoms. The van der Waals surface area contributed by atoms with Gasteiger partial charge in [-0.2, -0.15) is 5.10 Å². The van der Waals surface area contributed by atoms with Gasteiger partial charge in [-0.25, -0.2) is 13.4 Å². The van der Waals surface area contributed by atoms with Crippen molar-refractivity contribution in [3.05, 3.63) is 83.0 Å². The summed E-state index contributed by atoms with van der Waals surface area (Å²) in [5.74, 6) is 0.506. The molecule has 1 aliphatic carbocycles. The summed E-state index contributed by atoms with van der Waals surface area (Å²) in [6.07, 6.45) is 9.64. The van der Waals surface area contributed by atoms with Gasteiger partial charge >= 0.3 is 0 Å². The summed E-state index contributed by atoms with van der Waals surface area (Å²) in [6.45, 7) is 2.31. The summed E-state index contributed by atoms with van der Waals surface area (Å²) in [4.78, 5) is 4.86. The molecule has 1 aromatic carbocycles. The first-order valence-corrected chi connectivity index (χ1v) is 12.4. The lowest BCUT2D eigenvalue weighted by Crippen LogP contribution is -2.12. The van der Waals surface area contributed by atoms with Gasteiger partial charge in [0.25, 0.3) is 0 Å². The summed E-state index contributed by atoms with van der Waals surface area (Å²) in [6, 6.07) is 11.5. The van der Waals surface area contributed by atoms with E-state index in [2.05, 4.69) is 22.3 Å². The maximum Gasteiger partial charge on any atom is 0.182 e. The van der Waals surface area contributed by atoms with Gasteiger partial charge < -0.3 is 4.40 Å². The fourth-order valence-corrected chi connectivity index (χ4v) is 5.62. The van der Waals surface area contributed by atoms with Gasteiger partial charge in [-0.1, -0.05) is 36.7 Å². The van der Waals surface area contributed by atoms with Crippen LogP contribution in [-0.2, 0) is 16.4 Å². The second-order valence-corrected chi connectivity index (χ2v) is 10.8. The Hall–Kier alpha value is -2.64. The summed E-state index contributed by atoms with van der Waals surface area (Å²) in [5.41, 5.74) is 3.97. The maximum atomic E-state index is 12.9. The average Bonchev–Trinajstić information content (AvgIpc) is 3.33. The van der Waals surface area contributed by atoms with E-state index in [9.17, 15) is 8.42 Å². The number of pyridine rings is 1. The summed E-state index contributed by atoms with van der Waals surface area (Å²) >= 11 is 6.04. The lowest BCUT2D eigenvalue weighted by atomic mass is 10.0. The largest absolute Gasteiger partial charge is 0.306 e. The van der Waals surface area contributed by atoms with Gasteiger partial charge in [0.1, 0.15) is 10.5 Å². The molecule has 1 unspecified atom stereocenters. The summed E-state index contributed by atoms with van der Waals surface area (Å²) in [7, 11) is -3.48. The quantitative estimate of drug-likeness (QED) is 0.406. The van der Waals surface area contributed by atoms with Crippen molar-refractivity contribution in [1.29, 1.82) is 0 Å². The van der Waals surface area contributed by atoms with Gasteiger partial charge in [0.2, 0.25) is 0 Å². The Labute approximate surface area is 186 Å². The highest BCUT2D eigenvalue weighted by molar-refractivity contribution is 7.91. The molecule has 0 N–H and O–H groups in total. The molecule has 0 amide bonds. The Bertz CT molecular complexity index is 1350. The molecular weight excluding hydrogens is 432 g/mol. The van der Waals surface area contributed by atoms with Crippen molar-refractivity contribution in [1.82, 2.24) is 19.2 Å². The first-order chi connectivity index (χ1) is 14.9. The van der Waals surface area contributed by atoms with Crippen LogP contribution in [0.25, 0.3) is 5.65 Å². The van der Waals surface area contributed by atoms with E-state index in [-0.39, 0.29) is 16.6 Å². The average molecular weight is 455 g/mol. The van der Waals surface area contributed by atoms with Crippen LogP contribution in [0.15, 0.2) is 66.1 Å². The van der Waals surface area contributed by atoms with Crippen molar-refractivity contribution in [2.24, 2.45) is 0 Å². The van der Waals surface area contributed by atoms with Crippen molar-refractivity contribution in [3.63, 3.8) is 0 Å². The molecule has 1 fully saturated rings. The SMILES string of the molecule is CC(CS(=O)(=O)c1cnn(Cc2cn3cc(C4CC4)ccc3n2)c1)c1cccc(Cl)c1. The Morgan fingerprint density at radius 3 is 2.77 bits per heavy atom. The zero-order chi connectivity index (χ0) is 21.6. The van der Waals surface area contributed by atoms with Crippen molar-refractivity contribution in [2.45, 2.75) is 43.0 Å². The molecule has 0 radical (unpaired) electrons. The van der Waals surface area contributed by atoms with Crippen LogP contribution in [0.2, 0.25) is 5.02 Å². The molecule has 0 bridgehead atoms. The number of rotatable bonds is 7. The third kappa shape index (κ3) is 4.38. The molecular formula is C23H23ClN4O2S. The third-order valence-electron chi connectivity index (χ3n) is 5.75. The first-order valence-electron chi connectivity index (χ1n) is 10.4. The van der Waals surface area contributed by atoms with E-state index in [0.29, 0.717) is 17.5 Å². The maximum absolute atomic E-state index is 12.9. The number of halogens is 1. The molecule has 0 aliphatic heterocycles. The Morgan fingerprint density at radius 2 is 2.00 bits per heavy atom. The molecule has 0 spiro atoms. The standard InChI is InChI=1S/C23H23ClN4O2S/c1-16(18-3-2-4-20(24)9-18)15-31(29,30)22-10-25-28(14-22)13-21-12-27-11-19(17-5-6-17)7-8-23(27)26-21/h2-4,7-12,14,16-17H,5-6,13,15H2,1H3. The van der Waals surface area contributed by atoms with Crippen molar-refractivity contribution in [3.8, 4) is 0 Å². The van der Waals surface area contributed by atoms with Crippen LogP contribution in [0.4, 0.5) is 0 Å². The number of hydrogen-bond donors (Lipinski definition) is 0. The Morgan fingerprint density at radius 1 is 1.16 bits per heavy atom. The van der Waals surface area contributed by atoms with Crippen LogP contribution >= 0.6 is 11.6 Å². The van der Waals surface area contributed by atoms with Crippen LogP contribution in [0.3, 0.4) is 0 Å². The predicted molar refractivity (Wildman–Crippen MR) is 120 cm³/mol. The van der Waals surface area contributed by atoms with E-state index in [0.717, 1.165) is 16.9 Å². The van der Waals surface area contributed by atoms with E-state index in [1.807, 2.05) is 41.8 Å². The zero-order valence-electron chi connectivity index (χ0n) is 17.1. The second-order valence-electron chi connectivity index (χ2n) is 8.35. The molecule has 4 aromatic rings. The smallest absolute Gasteiger partial charge is 0.182 e. The fraction of sp³-hybridized carbons (Fsp3) is 0.304. The van der Waals surface area contributed by atoms with Gasteiger partial charge in [0.15, 0.2) is 9.84 Å². The van der Waals surface area contributed by atoms with Crippen LogP contribution in [0.1, 0.15) is 48.4 Å². The third-order valence-corrected chi connectivity index (χ3v) is 7.86. The summed E-state index contributed by atoms with van der Waals surface area (Å²) < 4.78 is 29.5. The minimum Gasteiger partial charge on any atom is -0.306 e. The van der Waals surface area contributed by atoms with E-state index in [1.165, 1.54) is 24.6 Å². The van der Waals surface area contributed by atoms with Gasteiger partial charge in [-0.3, -0.25) is 4.68 Å². The number of imidazole rings is 1. The first kappa shape index (κ1) is 20.3. The van der Waals surface area contributed by atoms with Crippen LogP contribution in [0, 0.1) is 0 Å². The van der Waals surface area contributed by atoms with Gasteiger partial charge in [0.05, 0.1) is 24.2 Å². The molecule has 1 aliphatic rings. The molecule has 3 aromatic heterocycles. The molecule has 5 rings (SSSR count). The highest BCUT2D eigenvalue weighted by Crippen LogP contribution is 2.39. The highest BCUT2D eigenvalue weighted by Gasteiger charge is 2.24. The Kier molecular flexibility index (Phi) is 5.10. The molecule has 0 saturated heterocycles. The van der Waals surface area contributed by atoms with E-state index >= 15 is 0 Å². The lowest BCUT2D eigenvalue weighted by Gasteiger charge is -2.12. The molecule has 1 saturated carbocycles. The molecule has 6 nitrogen and oxygen atoms in total. The predicted octanol–water partition coefficient (Wildman–Crippen LogP) is 4.69. The molecule has 160 valence electrons. The molecule has 8 heteroatoms. The monoisotopic (exact) mass is 454 g/mol. The van der Waals surface area contributed by atoms with E-state index < -0.39 is 9.84 Å². The topological polar surface area (TPSA) is 69.3 Å². The number of aromatic nitrogens is 4. The zero-order valence-corrected chi connectivity index (χ0v) is 18.7. The van der Waals surface area contributed by atoms with E-state index in [1.54, 1.807) is 16.9 Å². The number of nitrogens with zero attached hydrogens (tertiary/aromatic N) is 4. The number of benzene rings is 1. The van der Waals surface area contributed by atoms with Crippen molar-refractivity contribution in [2.75, 3.05) is 5.75 Å². The lowest BCUT2D eigenvalue weighted by molar-refractivity contribution is 0.590. The van der Waals surface area contributed by atoms with Gasteiger partial charge in [0, 0.05) is 23.6 Å². The number of sulfone groups is 1. The minimum atomic E-state index is -3.48. The van der Waals surface area contributed by atoms with E-state index in [4.69, 9.17) is 11.6 Å². The molecule has 3 heterocycles. The van der Waals surface area contributed by atoms with Crippen LogP contribution < -0.4 is 0 Å². The highest BCUT2D eigenvalue weighted by atomic mass is 35.5. The number of hydrogen-bond acceptors (Lipinski definition) is 4. The second kappa shape index (κ2) is 7.80. The van der Waals surface area contributed by atoms with Crippen LogP contribution in [-0.4, -0.2) is 33.3 Å². The summed E-state index contributed by atoms with van der Waals surface area (Å²) in [5, 5.41) is 4.87. The minimum absolute atomic E-state index is 0.00264. The Balaban J connectivity index is 1.31. The van der Waals surface area contributed by atoms with Gasteiger partial charge in [-0.15, -0.1) is 0 Å². The molecule has 1 atom stereocenters. The number of fused-ring (bicyclic) bond motifs is 1.